The molecule has 16 heavy (non-hydrogen) atoms. The van der Waals surface area contributed by atoms with Crippen molar-refractivity contribution in [1.82, 2.24) is 15.2 Å². The van der Waals surface area contributed by atoms with Crippen LogP contribution >= 0.6 is 0 Å². The molecule has 2 aromatic rings. The lowest BCUT2D eigenvalue weighted by molar-refractivity contribution is 0.0983. The van der Waals surface area contributed by atoms with Crippen molar-refractivity contribution >= 4 is 5.78 Å². The van der Waals surface area contributed by atoms with E-state index in [2.05, 4.69) is 15.2 Å². The Kier molecular flexibility index (Phi) is 2.81. The molecular formula is C12H13N3O. The summed E-state index contributed by atoms with van der Waals surface area (Å²) in [7, 11) is 0. The molecule has 0 radical (unpaired) electrons. The molecule has 0 aliphatic carbocycles. The number of Topliss-reactive ketones (excluding diaryl/α,β-unsaturated/α-hetero) is 1. The van der Waals surface area contributed by atoms with Crippen molar-refractivity contribution in [3.63, 3.8) is 0 Å². The van der Waals surface area contributed by atoms with Crippen LogP contribution in [0, 0.1) is 13.8 Å². The molecule has 4 nitrogen and oxygen atoms in total. The number of hydrogen-bond donors (Lipinski definition) is 1. The van der Waals surface area contributed by atoms with Gasteiger partial charge in [-0.3, -0.25) is 9.89 Å². The molecule has 0 saturated heterocycles. The molecule has 0 atom stereocenters. The molecule has 82 valence electrons. The highest BCUT2D eigenvalue weighted by Gasteiger charge is 2.12. The molecule has 1 aromatic carbocycles. The first-order valence-corrected chi connectivity index (χ1v) is 5.12. The Morgan fingerprint density at radius 1 is 1.31 bits per heavy atom. The lowest BCUT2D eigenvalue weighted by atomic mass is 9.98. The average Bonchev–Trinajstić information content (AvgIpc) is 2.76. The minimum absolute atomic E-state index is 0.0325. The molecule has 2 rings (SSSR count). The molecular weight excluding hydrogens is 202 g/mol. The summed E-state index contributed by atoms with van der Waals surface area (Å²) in [6.07, 6.45) is 1.71. The number of hydrogen-bond acceptors (Lipinski definition) is 3. The summed E-state index contributed by atoms with van der Waals surface area (Å²) in [6, 6.07) is 6.01. The topological polar surface area (TPSA) is 58.6 Å². The number of rotatable bonds is 3. The van der Waals surface area contributed by atoms with Gasteiger partial charge in [0.25, 0.3) is 0 Å². The van der Waals surface area contributed by atoms with E-state index in [1.54, 1.807) is 0 Å². The highest BCUT2D eigenvalue weighted by atomic mass is 16.1. The Morgan fingerprint density at radius 3 is 2.56 bits per heavy atom. The van der Waals surface area contributed by atoms with Crippen LogP contribution in [0.25, 0.3) is 0 Å². The molecule has 0 aliphatic rings. The maximum atomic E-state index is 11.8. The summed E-state index contributed by atoms with van der Waals surface area (Å²) in [6.45, 7) is 4.02. The number of aromatic nitrogens is 3. The third-order valence-corrected chi connectivity index (χ3v) is 2.66. The van der Waals surface area contributed by atoms with Gasteiger partial charge in [-0.05, 0) is 30.5 Å². The average molecular weight is 215 g/mol. The van der Waals surface area contributed by atoms with Crippen LogP contribution in [0.1, 0.15) is 27.3 Å². The van der Waals surface area contributed by atoms with Crippen LogP contribution < -0.4 is 0 Å². The van der Waals surface area contributed by atoms with E-state index in [0.29, 0.717) is 12.2 Å². The van der Waals surface area contributed by atoms with Gasteiger partial charge in [0.05, 0.1) is 0 Å². The quantitative estimate of drug-likeness (QED) is 0.795. The smallest absolute Gasteiger partial charge is 0.203 e. The van der Waals surface area contributed by atoms with Gasteiger partial charge in [0, 0.05) is 6.42 Å². The van der Waals surface area contributed by atoms with Gasteiger partial charge in [-0.25, -0.2) is 4.98 Å². The molecule has 0 spiro atoms. The Morgan fingerprint density at radius 2 is 2.00 bits per heavy atom. The fraction of sp³-hybridized carbons (Fsp3) is 0.250. The number of carbonyl (C=O) groups is 1. The lowest BCUT2D eigenvalue weighted by Gasteiger charge is -2.07. The SMILES string of the molecule is Cc1cccc(C)c1CC(=O)c1ncn[nH]1. The summed E-state index contributed by atoms with van der Waals surface area (Å²) >= 11 is 0. The summed E-state index contributed by atoms with van der Waals surface area (Å²) in [5.41, 5.74) is 3.34. The van der Waals surface area contributed by atoms with Crippen molar-refractivity contribution in [2.45, 2.75) is 20.3 Å². The number of H-pyrrole nitrogens is 1. The Balaban J connectivity index is 2.25. The maximum absolute atomic E-state index is 11.8. The van der Waals surface area contributed by atoms with E-state index in [-0.39, 0.29) is 5.78 Å². The molecule has 1 N–H and O–H groups in total. The van der Waals surface area contributed by atoms with Crippen molar-refractivity contribution in [2.75, 3.05) is 0 Å². The number of nitrogens with one attached hydrogen (secondary N) is 1. The number of aryl methyl sites for hydroxylation is 2. The molecule has 0 amide bonds. The maximum Gasteiger partial charge on any atom is 0.203 e. The summed E-state index contributed by atoms with van der Waals surface area (Å²) in [4.78, 5) is 15.7. The van der Waals surface area contributed by atoms with E-state index in [1.165, 1.54) is 6.33 Å². The number of benzene rings is 1. The minimum Gasteiger partial charge on any atom is -0.290 e. The molecule has 0 unspecified atom stereocenters. The highest BCUT2D eigenvalue weighted by molar-refractivity contribution is 5.94. The zero-order chi connectivity index (χ0) is 11.5. The van der Waals surface area contributed by atoms with Gasteiger partial charge in [-0.2, -0.15) is 5.10 Å². The predicted molar refractivity (Wildman–Crippen MR) is 60.3 cm³/mol. The second kappa shape index (κ2) is 4.26. The molecule has 0 saturated carbocycles. The zero-order valence-electron chi connectivity index (χ0n) is 9.32. The fourth-order valence-electron chi connectivity index (χ4n) is 1.71. The number of ketones is 1. The van der Waals surface area contributed by atoms with Gasteiger partial charge in [0.15, 0.2) is 5.82 Å². The summed E-state index contributed by atoms with van der Waals surface area (Å²) < 4.78 is 0. The molecule has 1 aromatic heterocycles. The molecule has 0 aliphatic heterocycles. The van der Waals surface area contributed by atoms with Crippen molar-refractivity contribution in [2.24, 2.45) is 0 Å². The largest absolute Gasteiger partial charge is 0.290 e. The Bertz CT molecular complexity index is 483. The third-order valence-electron chi connectivity index (χ3n) is 2.66. The lowest BCUT2D eigenvalue weighted by Crippen LogP contribution is -2.08. The van der Waals surface area contributed by atoms with E-state index < -0.39 is 0 Å². The third kappa shape index (κ3) is 2.00. The molecule has 4 heteroatoms. The first-order valence-electron chi connectivity index (χ1n) is 5.12. The van der Waals surface area contributed by atoms with E-state index in [4.69, 9.17) is 0 Å². The van der Waals surface area contributed by atoms with Crippen molar-refractivity contribution in [3.05, 3.63) is 47.0 Å². The number of carbonyl (C=O) groups excluding carboxylic acids is 1. The monoisotopic (exact) mass is 215 g/mol. The number of aromatic amines is 1. The van der Waals surface area contributed by atoms with Gasteiger partial charge >= 0.3 is 0 Å². The van der Waals surface area contributed by atoms with Crippen molar-refractivity contribution in [3.8, 4) is 0 Å². The normalized spacial score (nSPS) is 10.4. The first kappa shape index (κ1) is 10.5. The fourth-order valence-corrected chi connectivity index (χ4v) is 1.71. The first-order chi connectivity index (χ1) is 7.68. The van der Waals surface area contributed by atoms with E-state index in [0.717, 1.165) is 16.7 Å². The zero-order valence-corrected chi connectivity index (χ0v) is 9.32. The standard InChI is InChI=1S/C12H13N3O/c1-8-4-3-5-9(2)10(8)6-11(16)12-13-7-14-15-12/h3-5,7H,6H2,1-2H3,(H,13,14,15). The van der Waals surface area contributed by atoms with Crippen molar-refractivity contribution in [1.29, 1.82) is 0 Å². The van der Waals surface area contributed by atoms with E-state index in [9.17, 15) is 4.79 Å². The van der Waals surface area contributed by atoms with Crippen LogP contribution in [0.4, 0.5) is 0 Å². The van der Waals surface area contributed by atoms with E-state index in [1.807, 2.05) is 32.0 Å². The Hall–Kier alpha value is -1.97. The summed E-state index contributed by atoms with van der Waals surface area (Å²) in [5, 5.41) is 6.26. The molecule has 1 heterocycles. The van der Waals surface area contributed by atoms with Crippen LogP contribution in [0.5, 0.6) is 0 Å². The minimum atomic E-state index is -0.0325. The Labute approximate surface area is 93.7 Å². The van der Waals surface area contributed by atoms with Gasteiger partial charge in [-0.1, -0.05) is 18.2 Å². The van der Waals surface area contributed by atoms with Crippen LogP contribution in [-0.2, 0) is 6.42 Å². The van der Waals surface area contributed by atoms with Gasteiger partial charge < -0.3 is 0 Å². The van der Waals surface area contributed by atoms with Crippen LogP contribution in [0.2, 0.25) is 0 Å². The summed E-state index contributed by atoms with van der Waals surface area (Å²) in [5.74, 6) is 0.289. The van der Waals surface area contributed by atoms with Crippen molar-refractivity contribution < 1.29 is 4.79 Å². The van der Waals surface area contributed by atoms with Gasteiger partial charge in [0.2, 0.25) is 5.78 Å². The van der Waals surface area contributed by atoms with Gasteiger partial charge in [0.1, 0.15) is 6.33 Å². The molecule has 0 bridgehead atoms. The van der Waals surface area contributed by atoms with Gasteiger partial charge in [-0.15, -0.1) is 0 Å². The molecule has 0 fully saturated rings. The second-order valence-electron chi connectivity index (χ2n) is 3.80. The van der Waals surface area contributed by atoms with E-state index >= 15 is 0 Å². The van der Waals surface area contributed by atoms with Crippen LogP contribution in [0.15, 0.2) is 24.5 Å². The predicted octanol–water partition coefficient (Wildman–Crippen LogP) is 1.85. The van der Waals surface area contributed by atoms with Crippen LogP contribution in [0.3, 0.4) is 0 Å². The second-order valence-corrected chi connectivity index (χ2v) is 3.80. The highest BCUT2D eigenvalue weighted by Crippen LogP contribution is 2.15. The van der Waals surface area contributed by atoms with Crippen LogP contribution in [-0.4, -0.2) is 21.0 Å². The number of nitrogens with zero attached hydrogens (tertiary/aromatic N) is 2.